The molecule has 0 heterocycles. The van der Waals surface area contributed by atoms with Gasteiger partial charge in [0.2, 0.25) is 0 Å². The van der Waals surface area contributed by atoms with Crippen LogP contribution in [0.1, 0.15) is 32.6 Å². The van der Waals surface area contributed by atoms with Crippen LogP contribution < -0.4 is 5.32 Å². The minimum absolute atomic E-state index is 0.345. The lowest BCUT2D eigenvalue weighted by Gasteiger charge is -2.12. The second kappa shape index (κ2) is 8.02. The molecule has 0 amide bonds. The van der Waals surface area contributed by atoms with Crippen LogP contribution in [0.2, 0.25) is 0 Å². The predicted molar refractivity (Wildman–Crippen MR) is 48.6 cm³/mol. The van der Waals surface area contributed by atoms with Gasteiger partial charge in [-0.05, 0) is 38.8 Å². The Bertz CT molecular complexity index is 76.0. The summed E-state index contributed by atoms with van der Waals surface area (Å²) in [6, 6.07) is 0. The Morgan fingerprint density at radius 3 is 2.55 bits per heavy atom. The molecule has 11 heavy (non-hydrogen) atoms. The lowest BCUT2D eigenvalue weighted by Crippen LogP contribution is -2.10. The minimum Gasteiger partial charge on any atom is -0.396 e. The highest BCUT2D eigenvalue weighted by Gasteiger charge is 2.03. The fraction of sp³-hybridized carbons (Fsp3) is 1.00. The smallest absolute Gasteiger partial charge is 0.0433 e. The zero-order chi connectivity index (χ0) is 8.53. The molecular weight excluding hydrogens is 138 g/mol. The zero-order valence-corrected chi connectivity index (χ0v) is 7.77. The molecule has 0 aromatic heterocycles. The van der Waals surface area contributed by atoms with E-state index in [1.807, 2.05) is 7.05 Å². The van der Waals surface area contributed by atoms with E-state index in [1.54, 1.807) is 0 Å². The average molecular weight is 159 g/mol. The van der Waals surface area contributed by atoms with Crippen molar-refractivity contribution in [2.45, 2.75) is 32.6 Å². The summed E-state index contributed by atoms with van der Waals surface area (Å²) in [5.41, 5.74) is 0. The summed E-state index contributed by atoms with van der Waals surface area (Å²) in [5.74, 6) is 0.730. The summed E-state index contributed by atoms with van der Waals surface area (Å²) < 4.78 is 0. The molecule has 0 aliphatic heterocycles. The maximum Gasteiger partial charge on any atom is 0.0433 e. The Morgan fingerprint density at radius 1 is 1.36 bits per heavy atom. The summed E-state index contributed by atoms with van der Waals surface area (Å²) in [5, 5.41) is 11.8. The molecule has 0 radical (unpaired) electrons. The number of rotatable bonds is 7. The van der Waals surface area contributed by atoms with Crippen molar-refractivity contribution in [3.05, 3.63) is 0 Å². The summed E-state index contributed by atoms with van der Waals surface area (Å²) in [6.45, 7) is 3.64. The molecule has 0 rings (SSSR count). The SMILES string of the molecule is CCC(CCO)CCCNC. The third-order valence-corrected chi connectivity index (χ3v) is 2.15. The molecule has 0 spiro atoms. The van der Waals surface area contributed by atoms with Gasteiger partial charge in [-0.25, -0.2) is 0 Å². The zero-order valence-electron chi connectivity index (χ0n) is 7.77. The van der Waals surface area contributed by atoms with Crippen molar-refractivity contribution >= 4 is 0 Å². The van der Waals surface area contributed by atoms with Crippen molar-refractivity contribution in [2.75, 3.05) is 20.2 Å². The van der Waals surface area contributed by atoms with Crippen LogP contribution in [-0.2, 0) is 0 Å². The van der Waals surface area contributed by atoms with Crippen LogP contribution in [-0.4, -0.2) is 25.3 Å². The van der Waals surface area contributed by atoms with Gasteiger partial charge in [0.05, 0.1) is 0 Å². The molecule has 2 N–H and O–H groups in total. The van der Waals surface area contributed by atoms with E-state index in [9.17, 15) is 0 Å². The van der Waals surface area contributed by atoms with Crippen LogP contribution in [0.15, 0.2) is 0 Å². The van der Waals surface area contributed by atoms with E-state index in [4.69, 9.17) is 5.11 Å². The Hall–Kier alpha value is -0.0800. The molecular formula is C9H21NO. The normalized spacial score (nSPS) is 13.4. The van der Waals surface area contributed by atoms with E-state index in [0.29, 0.717) is 6.61 Å². The first kappa shape index (κ1) is 10.9. The van der Waals surface area contributed by atoms with E-state index in [0.717, 1.165) is 18.9 Å². The highest BCUT2D eigenvalue weighted by molar-refractivity contribution is 4.57. The summed E-state index contributed by atoms with van der Waals surface area (Å²) in [6.07, 6.45) is 4.65. The molecule has 68 valence electrons. The van der Waals surface area contributed by atoms with Crippen molar-refractivity contribution in [1.82, 2.24) is 5.32 Å². The molecule has 0 aliphatic carbocycles. The molecule has 1 atom stereocenters. The fourth-order valence-electron chi connectivity index (χ4n) is 1.30. The number of nitrogens with one attached hydrogen (secondary N) is 1. The quantitative estimate of drug-likeness (QED) is 0.550. The van der Waals surface area contributed by atoms with Crippen LogP contribution in [0.3, 0.4) is 0 Å². The van der Waals surface area contributed by atoms with Crippen LogP contribution in [0.5, 0.6) is 0 Å². The largest absolute Gasteiger partial charge is 0.396 e. The van der Waals surface area contributed by atoms with Gasteiger partial charge >= 0.3 is 0 Å². The Labute approximate surface area is 70.0 Å². The Morgan fingerprint density at radius 2 is 2.09 bits per heavy atom. The second-order valence-corrected chi connectivity index (χ2v) is 3.03. The molecule has 2 nitrogen and oxygen atoms in total. The molecule has 0 aromatic carbocycles. The van der Waals surface area contributed by atoms with Gasteiger partial charge in [-0.3, -0.25) is 0 Å². The predicted octanol–water partition coefficient (Wildman–Crippen LogP) is 1.39. The average Bonchev–Trinajstić information content (AvgIpc) is 2.03. The Balaban J connectivity index is 3.20. The van der Waals surface area contributed by atoms with E-state index in [1.165, 1.54) is 19.3 Å². The van der Waals surface area contributed by atoms with E-state index in [-0.39, 0.29) is 0 Å². The van der Waals surface area contributed by atoms with Crippen LogP contribution in [0, 0.1) is 5.92 Å². The third-order valence-electron chi connectivity index (χ3n) is 2.15. The molecule has 0 saturated heterocycles. The molecule has 2 heteroatoms. The maximum absolute atomic E-state index is 8.71. The first-order valence-corrected chi connectivity index (χ1v) is 4.60. The number of aliphatic hydroxyl groups is 1. The van der Waals surface area contributed by atoms with Gasteiger partial charge in [0.1, 0.15) is 0 Å². The standard InChI is InChI=1S/C9H21NO/c1-3-9(6-8-11)5-4-7-10-2/h9-11H,3-8H2,1-2H3. The van der Waals surface area contributed by atoms with E-state index in [2.05, 4.69) is 12.2 Å². The van der Waals surface area contributed by atoms with Gasteiger partial charge in [-0.2, -0.15) is 0 Å². The topological polar surface area (TPSA) is 32.3 Å². The third kappa shape index (κ3) is 6.32. The lowest BCUT2D eigenvalue weighted by molar-refractivity contribution is 0.247. The van der Waals surface area contributed by atoms with Crippen molar-refractivity contribution in [2.24, 2.45) is 5.92 Å². The van der Waals surface area contributed by atoms with Gasteiger partial charge in [-0.1, -0.05) is 13.3 Å². The molecule has 0 fully saturated rings. The van der Waals surface area contributed by atoms with Crippen LogP contribution in [0.25, 0.3) is 0 Å². The number of hydrogen-bond acceptors (Lipinski definition) is 2. The highest BCUT2D eigenvalue weighted by atomic mass is 16.3. The van der Waals surface area contributed by atoms with E-state index < -0.39 is 0 Å². The molecule has 0 aromatic rings. The second-order valence-electron chi connectivity index (χ2n) is 3.03. The Kier molecular flexibility index (Phi) is 7.96. The first-order valence-electron chi connectivity index (χ1n) is 4.60. The van der Waals surface area contributed by atoms with Gasteiger partial charge in [0.25, 0.3) is 0 Å². The van der Waals surface area contributed by atoms with E-state index >= 15 is 0 Å². The molecule has 0 saturated carbocycles. The van der Waals surface area contributed by atoms with Gasteiger partial charge in [0.15, 0.2) is 0 Å². The summed E-state index contributed by atoms with van der Waals surface area (Å²) in [4.78, 5) is 0. The maximum atomic E-state index is 8.71. The highest BCUT2D eigenvalue weighted by Crippen LogP contribution is 2.13. The number of hydrogen-bond donors (Lipinski definition) is 2. The minimum atomic E-state index is 0.345. The summed E-state index contributed by atoms with van der Waals surface area (Å²) in [7, 11) is 1.98. The van der Waals surface area contributed by atoms with Crippen molar-refractivity contribution in [3.8, 4) is 0 Å². The number of aliphatic hydroxyl groups excluding tert-OH is 1. The van der Waals surface area contributed by atoms with Gasteiger partial charge in [-0.15, -0.1) is 0 Å². The monoisotopic (exact) mass is 159 g/mol. The molecule has 1 unspecified atom stereocenters. The van der Waals surface area contributed by atoms with Gasteiger partial charge < -0.3 is 10.4 Å². The van der Waals surface area contributed by atoms with Crippen molar-refractivity contribution in [3.63, 3.8) is 0 Å². The molecule has 0 aliphatic rings. The van der Waals surface area contributed by atoms with Crippen molar-refractivity contribution in [1.29, 1.82) is 0 Å². The van der Waals surface area contributed by atoms with Crippen LogP contribution in [0.4, 0.5) is 0 Å². The fourth-order valence-corrected chi connectivity index (χ4v) is 1.30. The van der Waals surface area contributed by atoms with Gasteiger partial charge in [0, 0.05) is 6.61 Å². The first-order chi connectivity index (χ1) is 5.35. The van der Waals surface area contributed by atoms with Crippen LogP contribution >= 0.6 is 0 Å². The van der Waals surface area contributed by atoms with Crippen molar-refractivity contribution < 1.29 is 5.11 Å². The summed E-state index contributed by atoms with van der Waals surface area (Å²) >= 11 is 0. The lowest BCUT2D eigenvalue weighted by atomic mass is 9.97. The molecule has 0 bridgehead atoms.